The minimum Gasteiger partial charge on any atom is -0.207 e. The van der Waals surface area contributed by atoms with Crippen molar-refractivity contribution in [2.45, 2.75) is 12.1 Å². The molecule has 86 valence electrons. The summed E-state index contributed by atoms with van der Waals surface area (Å²) in [6.07, 6.45) is -4.57. The fraction of sp³-hybridized carbons (Fsp3) is 0.300. The van der Waals surface area contributed by atoms with Gasteiger partial charge < -0.3 is 0 Å². The van der Waals surface area contributed by atoms with Gasteiger partial charge in [-0.1, -0.05) is 22.0 Å². The topological polar surface area (TPSA) is 23.8 Å². The van der Waals surface area contributed by atoms with Gasteiger partial charge in [-0.25, -0.2) is 4.39 Å². The Kier molecular flexibility index (Phi) is 3.92. The molecule has 0 heterocycles. The highest BCUT2D eigenvalue weighted by Gasteiger charge is 2.31. The van der Waals surface area contributed by atoms with Crippen molar-refractivity contribution in [3.63, 3.8) is 0 Å². The Hall–Kier alpha value is -1.09. The zero-order valence-corrected chi connectivity index (χ0v) is 9.44. The van der Waals surface area contributed by atoms with Crippen molar-refractivity contribution in [3.8, 4) is 6.07 Å². The summed E-state index contributed by atoms with van der Waals surface area (Å²) in [5.74, 6) is -1.80. The van der Waals surface area contributed by atoms with Gasteiger partial charge in [-0.15, -0.1) is 0 Å². The molecule has 0 saturated heterocycles. The Morgan fingerprint density at radius 2 is 2.00 bits per heavy atom. The number of benzene rings is 1. The average molecular weight is 296 g/mol. The van der Waals surface area contributed by atoms with Crippen molar-refractivity contribution >= 4 is 15.9 Å². The van der Waals surface area contributed by atoms with Crippen molar-refractivity contribution < 1.29 is 17.6 Å². The first kappa shape index (κ1) is 13.0. The van der Waals surface area contributed by atoms with Crippen molar-refractivity contribution in [3.05, 3.63) is 35.1 Å². The first-order valence-corrected chi connectivity index (χ1v) is 5.34. The van der Waals surface area contributed by atoms with E-state index in [0.29, 0.717) is 6.07 Å². The molecule has 16 heavy (non-hydrogen) atoms. The van der Waals surface area contributed by atoms with Crippen LogP contribution < -0.4 is 0 Å². The lowest BCUT2D eigenvalue weighted by Gasteiger charge is -2.10. The van der Waals surface area contributed by atoms with Crippen LogP contribution in [0.4, 0.5) is 17.6 Å². The molecule has 0 spiro atoms. The van der Waals surface area contributed by atoms with E-state index in [-0.39, 0.29) is 10.9 Å². The predicted octanol–water partition coefficient (Wildman–Crippen LogP) is 3.85. The average Bonchev–Trinajstić information content (AvgIpc) is 2.20. The maximum Gasteiger partial charge on any atom is 0.416 e. The second-order valence-electron chi connectivity index (χ2n) is 3.07. The summed E-state index contributed by atoms with van der Waals surface area (Å²) in [6, 6.07) is 3.97. The molecule has 1 nitrogen and oxygen atoms in total. The van der Waals surface area contributed by atoms with Gasteiger partial charge in [-0.3, -0.25) is 0 Å². The summed E-state index contributed by atoms with van der Waals surface area (Å²) in [5, 5.41) is 8.84. The van der Waals surface area contributed by atoms with E-state index in [4.69, 9.17) is 5.26 Å². The summed E-state index contributed by atoms with van der Waals surface area (Å²) in [7, 11) is 0. The van der Waals surface area contributed by atoms with Gasteiger partial charge >= 0.3 is 6.18 Å². The van der Waals surface area contributed by atoms with Crippen LogP contribution in [0, 0.1) is 17.1 Å². The van der Waals surface area contributed by atoms with Crippen LogP contribution in [0.25, 0.3) is 0 Å². The van der Waals surface area contributed by atoms with E-state index in [1.807, 2.05) is 0 Å². The van der Waals surface area contributed by atoms with Crippen molar-refractivity contribution in [1.82, 2.24) is 0 Å². The second-order valence-corrected chi connectivity index (χ2v) is 3.72. The van der Waals surface area contributed by atoms with Crippen LogP contribution >= 0.6 is 15.9 Å². The van der Waals surface area contributed by atoms with Gasteiger partial charge in [0.05, 0.1) is 17.6 Å². The number of halogens is 5. The van der Waals surface area contributed by atoms with E-state index in [1.54, 1.807) is 6.07 Å². The Morgan fingerprint density at radius 1 is 1.38 bits per heavy atom. The largest absolute Gasteiger partial charge is 0.416 e. The van der Waals surface area contributed by atoms with Crippen LogP contribution in [0.2, 0.25) is 0 Å². The highest BCUT2D eigenvalue weighted by Crippen LogP contribution is 2.31. The summed E-state index contributed by atoms with van der Waals surface area (Å²) in [6.45, 7) is 0. The number of hydrogen-bond acceptors (Lipinski definition) is 1. The van der Waals surface area contributed by atoms with Crippen LogP contribution in [-0.4, -0.2) is 5.33 Å². The summed E-state index contributed by atoms with van der Waals surface area (Å²) >= 11 is 2.99. The molecule has 1 aromatic rings. The van der Waals surface area contributed by atoms with Crippen molar-refractivity contribution in [1.29, 1.82) is 5.26 Å². The second kappa shape index (κ2) is 4.83. The summed E-state index contributed by atoms with van der Waals surface area (Å²) in [5.41, 5.74) is -1.09. The van der Waals surface area contributed by atoms with Crippen LogP contribution in [-0.2, 0) is 6.18 Å². The first-order chi connectivity index (χ1) is 7.40. The molecule has 0 amide bonds. The minimum atomic E-state index is -4.57. The molecule has 0 N–H and O–H groups in total. The third-order valence-electron chi connectivity index (χ3n) is 2.01. The van der Waals surface area contributed by atoms with Crippen molar-refractivity contribution in [2.24, 2.45) is 0 Å². The lowest BCUT2D eigenvalue weighted by atomic mass is 10.0. The molecule has 1 atom stereocenters. The van der Waals surface area contributed by atoms with Crippen LogP contribution in [0.3, 0.4) is 0 Å². The van der Waals surface area contributed by atoms with E-state index >= 15 is 0 Å². The Labute approximate surface area is 97.8 Å². The molecule has 0 aliphatic carbocycles. The van der Waals surface area contributed by atoms with E-state index in [1.165, 1.54) is 0 Å². The Bertz CT molecular complexity index is 422. The number of rotatable bonds is 2. The van der Waals surface area contributed by atoms with Crippen LogP contribution in [0.15, 0.2) is 18.2 Å². The molecular weight excluding hydrogens is 290 g/mol. The van der Waals surface area contributed by atoms with E-state index < -0.39 is 23.5 Å². The zero-order chi connectivity index (χ0) is 12.3. The van der Waals surface area contributed by atoms with E-state index in [0.717, 1.165) is 12.1 Å². The number of hydrogen-bond donors (Lipinski definition) is 0. The van der Waals surface area contributed by atoms with Crippen LogP contribution in [0.5, 0.6) is 0 Å². The zero-order valence-electron chi connectivity index (χ0n) is 7.85. The van der Waals surface area contributed by atoms with Crippen molar-refractivity contribution in [2.75, 3.05) is 5.33 Å². The molecule has 0 radical (unpaired) electrons. The van der Waals surface area contributed by atoms with Crippen LogP contribution in [0.1, 0.15) is 17.0 Å². The fourth-order valence-corrected chi connectivity index (χ4v) is 1.67. The van der Waals surface area contributed by atoms with Gasteiger partial charge in [0.2, 0.25) is 0 Å². The molecule has 0 aliphatic rings. The molecule has 1 aromatic carbocycles. The molecular formula is C10H6BrF4N. The van der Waals surface area contributed by atoms with Gasteiger partial charge in [0, 0.05) is 10.9 Å². The third-order valence-corrected chi connectivity index (χ3v) is 2.66. The monoisotopic (exact) mass is 295 g/mol. The Morgan fingerprint density at radius 3 is 2.38 bits per heavy atom. The van der Waals surface area contributed by atoms with Gasteiger partial charge in [-0.05, 0) is 12.1 Å². The predicted molar refractivity (Wildman–Crippen MR) is 53.6 cm³/mol. The highest BCUT2D eigenvalue weighted by atomic mass is 79.9. The maximum atomic E-state index is 13.3. The molecule has 0 saturated carbocycles. The normalized spacial score (nSPS) is 13.2. The van der Waals surface area contributed by atoms with Gasteiger partial charge in [0.15, 0.2) is 0 Å². The lowest BCUT2D eigenvalue weighted by molar-refractivity contribution is -0.137. The maximum absolute atomic E-state index is 13.3. The molecule has 0 fully saturated rings. The number of nitrogens with zero attached hydrogens (tertiary/aromatic N) is 1. The van der Waals surface area contributed by atoms with Gasteiger partial charge in [0.25, 0.3) is 0 Å². The minimum absolute atomic E-state index is 0.0348. The molecule has 0 bridgehead atoms. The first-order valence-electron chi connectivity index (χ1n) is 4.22. The summed E-state index contributed by atoms with van der Waals surface area (Å²) in [4.78, 5) is 0. The van der Waals surface area contributed by atoms with Gasteiger partial charge in [0.1, 0.15) is 5.82 Å². The number of alkyl halides is 4. The molecule has 6 heteroatoms. The summed E-state index contributed by atoms with van der Waals surface area (Å²) < 4.78 is 50.0. The molecule has 0 aliphatic heterocycles. The number of nitriles is 1. The quantitative estimate of drug-likeness (QED) is 0.601. The Balaban J connectivity index is 3.15. The molecule has 1 unspecified atom stereocenters. The third kappa shape index (κ3) is 2.73. The molecule has 0 aromatic heterocycles. The molecule has 1 rings (SSSR count). The standard InChI is InChI=1S/C10H6BrF4N/c11-4-6(5-16)8-2-1-7(3-9(8)12)10(13,14)15/h1-3,6H,4H2. The smallest absolute Gasteiger partial charge is 0.207 e. The van der Waals surface area contributed by atoms with E-state index in [2.05, 4.69) is 15.9 Å². The van der Waals surface area contributed by atoms with E-state index in [9.17, 15) is 17.6 Å². The van der Waals surface area contributed by atoms with Gasteiger partial charge in [-0.2, -0.15) is 18.4 Å². The SMILES string of the molecule is N#CC(CBr)c1ccc(C(F)(F)F)cc1F. The highest BCUT2D eigenvalue weighted by molar-refractivity contribution is 9.09. The fourth-order valence-electron chi connectivity index (χ4n) is 1.17. The lowest BCUT2D eigenvalue weighted by Crippen LogP contribution is -2.08.